The minimum Gasteiger partial charge on any atom is -0.361 e. The lowest BCUT2D eigenvalue weighted by Crippen LogP contribution is -2.23. The zero-order valence-electron chi connectivity index (χ0n) is 4.37. The van der Waals surface area contributed by atoms with E-state index in [1.54, 1.807) is 0 Å². The number of hydrogen-bond acceptors (Lipinski definition) is 4. The van der Waals surface area contributed by atoms with Crippen LogP contribution < -0.4 is 0 Å². The third-order valence-electron chi connectivity index (χ3n) is 1.67. The molecule has 4 N–H and O–H groups in total. The molecule has 1 rings (SSSR count). The van der Waals surface area contributed by atoms with Gasteiger partial charge >= 0.3 is 0 Å². The van der Waals surface area contributed by atoms with Gasteiger partial charge in [0.05, 0.1) is 5.92 Å². The number of aliphatic hydroxyl groups is 4. The maximum absolute atomic E-state index is 8.48. The molecule has 0 amide bonds. The minimum atomic E-state index is -2.28. The molecule has 48 valence electrons. The third kappa shape index (κ3) is 0.385. The zero-order chi connectivity index (χ0) is 6.58. The van der Waals surface area contributed by atoms with Gasteiger partial charge in [-0.1, -0.05) is 6.92 Å². The quantitative estimate of drug-likeness (QED) is 0.279. The van der Waals surface area contributed by atoms with Gasteiger partial charge in [0.15, 0.2) is 0 Å². The molecule has 0 aromatic rings. The van der Waals surface area contributed by atoms with Gasteiger partial charge in [-0.25, -0.2) is 0 Å². The van der Waals surface area contributed by atoms with Crippen LogP contribution in [0.4, 0.5) is 0 Å². The Hall–Kier alpha value is -0.160. The van der Waals surface area contributed by atoms with Crippen molar-refractivity contribution in [3.05, 3.63) is 0 Å². The Kier molecular flexibility index (Phi) is 0.790. The standard InChI is InChI=1S/C4H8O4/c1-2-3(5,6)4(2,7)8/h2,5-8H,1H3. The molecule has 0 bridgehead atoms. The van der Waals surface area contributed by atoms with Crippen molar-refractivity contribution in [2.45, 2.75) is 18.5 Å². The lowest BCUT2D eigenvalue weighted by Gasteiger charge is -2.00. The fourth-order valence-electron chi connectivity index (χ4n) is 0.586. The van der Waals surface area contributed by atoms with Gasteiger partial charge in [0.1, 0.15) is 0 Å². The average Bonchev–Trinajstić information content (AvgIpc) is 1.88. The molecular formula is C4H8O4. The van der Waals surface area contributed by atoms with Crippen LogP contribution in [0.25, 0.3) is 0 Å². The predicted molar refractivity (Wildman–Crippen MR) is 23.5 cm³/mol. The Morgan fingerprint density at radius 3 is 1.12 bits per heavy atom. The summed E-state index contributed by atoms with van der Waals surface area (Å²) in [6, 6.07) is 0. The fourth-order valence-corrected chi connectivity index (χ4v) is 0.586. The van der Waals surface area contributed by atoms with Crippen molar-refractivity contribution >= 4 is 0 Å². The topological polar surface area (TPSA) is 80.9 Å². The first-order chi connectivity index (χ1) is 3.40. The predicted octanol–water partition coefficient (Wildman–Crippen LogP) is -2.00. The van der Waals surface area contributed by atoms with Crippen LogP contribution in [0.5, 0.6) is 0 Å². The summed E-state index contributed by atoms with van der Waals surface area (Å²) in [7, 11) is 0. The van der Waals surface area contributed by atoms with Crippen molar-refractivity contribution in [1.29, 1.82) is 0 Å². The molecule has 8 heavy (non-hydrogen) atoms. The van der Waals surface area contributed by atoms with E-state index in [0.717, 1.165) is 0 Å². The Morgan fingerprint density at radius 1 is 1.00 bits per heavy atom. The largest absolute Gasteiger partial charge is 0.361 e. The van der Waals surface area contributed by atoms with Gasteiger partial charge in [0, 0.05) is 0 Å². The lowest BCUT2D eigenvalue weighted by atomic mass is 10.5. The van der Waals surface area contributed by atoms with Gasteiger partial charge in [-0.15, -0.1) is 0 Å². The zero-order valence-corrected chi connectivity index (χ0v) is 4.37. The molecule has 0 aliphatic heterocycles. The van der Waals surface area contributed by atoms with E-state index in [4.69, 9.17) is 20.4 Å². The van der Waals surface area contributed by atoms with Crippen LogP contribution >= 0.6 is 0 Å². The van der Waals surface area contributed by atoms with Gasteiger partial charge in [-0.3, -0.25) is 0 Å². The molecule has 0 atom stereocenters. The summed E-state index contributed by atoms with van der Waals surface area (Å²) in [6.45, 7) is 1.33. The summed E-state index contributed by atoms with van der Waals surface area (Å²) in [4.78, 5) is 0. The Bertz CT molecular complexity index is 103. The maximum Gasteiger partial charge on any atom is 0.226 e. The van der Waals surface area contributed by atoms with Gasteiger partial charge in [0.25, 0.3) is 0 Å². The highest BCUT2D eigenvalue weighted by atomic mass is 16.6. The van der Waals surface area contributed by atoms with E-state index in [1.807, 2.05) is 0 Å². The van der Waals surface area contributed by atoms with E-state index in [2.05, 4.69) is 0 Å². The van der Waals surface area contributed by atoms with Crippen molar-refractivity contribution in [3.8, 4) is 0 Å². The van der Waals surface area contributed by atoms with Crippen LogP contribution in [0.2, 0.25) is 0 Å². The molecule has 0 saturated heterocycles. The smallest absolute Gasteiger partial charge is 0.226 e. The van der Waals surface area contributed by atoms with E-state index in [9.17, 15) is 0 Å². The van der Waals surface area contributed by atoms with Crippen molar-refractivity contribution in [2.75, 3.05) is 0 Å². The molecule has 1 aliphatic carbocycles. The summed E-state index contributed by atoms with van der Waals surface area (Å²) < 4.78 is 0. The normalized spacial score (nSPS) is 32.6. The minimum absolute atomic E-state index is 0.866. The van der Waals surface area contributed by atoms with E-state index >= 15 is 0 Å². The summed E-state index contributed by atoms with van der Waals surface area (Å²) in [5.74, 6) is -5.44. The highest BCUT2D eigenvalue weighted by molar-refractivity contribution is 5.09. The van der Waals surface area contributed by atoms with Crippen LogP contribution in [0.1, 0.15) is 6.92 Å². The van der Waals surface area contributed by atoms with Gasteiger partial charge in [0.2, 0.25) is 11.6 Å². The third-order valence-corrected chi connectivity index (χ3v) is 1.67. The Morgan fingerprint density at radius 2 is 1.12 bits per heavy atom. The van der Waals surface area contributed by atoms with Crippen molar-refractivity contribution < 1.29 is 20.4 Å². The molecule has 0 heterocycles. The first-order valence-corrected chi connectivity index (χ1v) is 2.30. The summed E-state index contributed by atoms with van der Waals surface area (Å²) in [5, 5.41) is 33.9. The summed E-state index contributed by atoms with van der Waals surface area (Å²) in [6.07, 6.45) is 0. The van der Waals surface area contributed by atoms with E-state index < -0.39 is 17.5 Å². The van der Waals surface area contributed by atoms with Crippen LogP contribution in [-0.2, 0) is 0 Å². The van der Waals surface area contributed by atoms with Crippen molar-refractivity contribution in [3.63, 3.8) is 0 Å². The molecule has 0 unspecified atom stereocenters. The SMILES string of the molecule is CC1C(O)(O)C1(O)O. The average molecular weight is 120 g/mol. The number of hydrogen-bond donors (Lipinski definition) is 4. The highest BCUT2D eigenvalue weighted by Crippen LogP contribution is 2.49. The second-order valence-electron chi connectivity index (χ2n) is 2.17. The highest BCUT2D eigenvalue weighted by Gasteiger charge is 2.74. The van der Waals surface area contributed by atoms with Gasteiger partial charge in [-0.2, -0.15) is 0 Å². The molecule has 0 spiro atoms. The maximum atomic E-state index is 8.48. The van der Waals surface area contributed by atoms with Crippen LogP contribution in [0.3, 0.4) is 0 Å². The van der Waals surface area contributed by atoms with Crippen LogP contribution in [0, 0.1) is 5.92 Å². The van der Waals surface area contributed by atoms with E-state index in [-0.39, 0.29) is 0 Å². The molecule has 1 aliphatic rings. The van der Waals surface area contributed by atoms with E-state index in [1.165, 1.54) is 6.92 Å². The van der Waals surface area contributed by atoms with Crippen LogP contribution in [-0.4, -0.2) is 32.0 Å². The molecule has 4 nitrogen and oxygen atoms in total. The summed E-state index contributed by atoms with van der Waals surface area (Å²) >= 11 is 0. The molecule has 1 saturated carbocycles. The molecule has 0 radical (unpaired) electrons. The molecule has 0 aromatic heterocycles. The molecule has 1 fully saturated rings. The monoisotopic (exact) mass is 120 g/mol. The second kappa shape index (κ2) is 1.06. The first-order valence-electron chi connectivity index (χ1n) is 2.30. The van der Waals surface area contributed by atoms with Crippen LogP contribution in [0.15, 0.2) is 0 Å². The Labute approximate surface area is 46.0 Å². The van der Waals surface area contributed by atoms with E-state index in [0.29, 0.717) is 0 Å². The molecule has 0 aromatic carbocycles. The van der Waals surface area contributed by atoms with Gasteiger partial charge in [-0.05, 0) is 0 Å². The second-order valence-corrected chi connectivity index (χ2v) is 2.17. The van der Waals surface area contributed by atoms with Crippen molar-refractivity contribution in [2.24, 2.45) is 5.92 Å². The fraction of sp³-hybridized carbons (Fsp3) is 1.00. The van der Waals surface area contributed by atoms with Crippen molar-refractivity contribution in [1.82, 2.24) is 0 Å². The lowest BCUT2D eigenvalue weighted by molar-refractivity contribution is -0.207. The molecule has 4 heteroatoms. The molecular weight excluding hydrogens is 112 g/mol. The Balaban J connectivity index is 2.72. The summed E-state index contributed by atoms with van der Waals surface area (Å²) in [5.41, 5.74) is 0. The first kappa shape index (κ1) is 5.97. The number of rotatable bonds is 0. The van der Waals surface area contributed by atoms with Gasteiger partial charge < -0.3 is 20.4 Å².